The number of aromatic nitrogens is 2. The number of hydrogen-bond acceptors (Lipinski definition) is 6. The van der Waals surface area contributed by atoms with Gasteiger partial charge >= 0.3 is 0 Å². The minimum absolute atomic E-state index is 0.0736. The number of anilines is 1. The predicted molar refractivity (Wildman–Crippen MR) is 135 cm³/mol. The molecule has 0 radical (unpaired) electrons. The topological polar surface area (TPSA) is 93.5 Å². The van der Waals surface area contributed by atoms with Crippen LogP contribution in [0.25, 0.3) is 5.69 Å². The van der Waals surface area contributed by atoms with Crippen molar-refractivity contribution in [1.82, 2.24) is 14.7 Å². The summed E-state index contributed by atoms with van der Waals surface area (Å²) in [5.41, 5.74) is 2.86. The molecule has 2 aliphatic rings. The second-order valence-electron chi connectivity index (χ2n) is 9.33. The maximum atomic E-state index is 13.2. The summed E-state index contributed by atoms with van der Waals surface area (Å²) >= 11 is 0. The molecular formula is C26H30N4O4S. The average Bonchev–Trinajstić information content (AvgIpc) is 3.52. The number of amides is 1. The van der Waals surface area contributed by atoms with Crippen LogP contribution in [0.15, 0.2) is 60.7 Å². The van der Waals surface area contributed by atoms with Crippen LogP contribution in [0, 0.1) is 0 Å². The van der Waals surface area contributed by atoms with E-state index < -0.39 is 9.84 Å². The summed E-state index contributed by atoms with van der Waals surface area (Å²) in [6, 6.07) is 19.1. The molecule has 35 heavy (non-hydrogen) atoms. The molecule has 1 N–H and O–H groups in total. The highest BCUT2D eigenvalue weighted by Crippen LogP contribution is 2.40. The van der Waals surface area contributed by atoms with Crippen molar-refractivity contribution in [3.63, 3.8) is 0 Å². The van der Waals surface area contributed by atoms with Gasteiger partial charge in [0, 0.05) is 24.6 Å². The van der Waals surface area contributed by atoms with Crippen LogP contribution < -0.4 is 10.1 Å². The number of sulfone groups is 1. The molecule has 0 spiro atoms. The van der Waals surface area contributed by atoms with Gasteiger partial charge in [0.1, 0.15) is 11.6 Å². The Kier molecular flexibility index (Phi) is 6.62. The molecule has 1 amide bonds. The number of ether oxygens (including phenoxy) is 1. The van der Waals surface area contributed by atoms with E-state index in [1.807, 2.05) is 65.6 Å². The first kappa shape index (κ1) is 23.6. The zero-order valence-corrected chi connectivity index (χ0v) is 20.6. The van der Waals surface area contributed by atoms with Gasteiger partial charge in [0.25, 0.3) is 0 Å². The fourth-order valence-electron chi connectivity index (χ4n) is 4.54. The fourth-order valence-corrected chi connectivity index (χ4v) is 6.30. The molecule has 2 heterocycles. The van der Waals surface area contributed by atoms with Gasteiger partial charge in [-0.25, -0.2) is 13.1 Å². The van der Waals surface area contributed by atoms with Gasteiger partial charge in [-0.3, -0.25) is 9.69 Å². The number of rotatable bonds is 9. The van der Waals surface area contributed by atoms with Crippen molar-refractivity contribution in [3.05, 3.63) is 71.9 Å². The van der Waals surface area contributed by atoms with Gasteiger partial charge in [0.15, 0.2) is 9.84 Å². The molecule has 3 aromatic rings. The predicted octanol–water partition coefficient (Wildman–Crippen LogP) is 3.39. The smallest absolute Gasteiger partial charge is 0.239 e. The zero-order valence-electron chi connectivity index (χ0n) is 19.8. The molecule has 1 aliphatic carbocycles. The number of nitrogens with one attached hydrogen (secondary N) is 1. The first-order valence-corrected chi connectivity index (χ1v) is 13.7. The summed E-state index contributed by atoms with van der Waals surface area (Å²) in [4.78, 5) is 15.2. The molecule has 1 aromatic heterocycles. The largest absolute Gasteiger partial charge is 0.497 e. The lowest BCUT2D eigenvalue weighted by Crippen LogP contribution is -2.41. The van der Waals surface area contributed by atoms with E-state index in [4.69, 9.17) is 9.84 Å². The first-order valence-electron chi connectivity index (χ1n) is 11.9. The molecule has 1 unspecified atom stereocenters. The number of para-hydroxylation sites is 1. The third-order valence-corrected chi connectivity index (χ3v) is 8.36. The highest BCUT2D eigenvalue weighted by atomic mass is 32.2. The lowest BCUT2D eigenvalue weighted by Gasteiger charge is -2.27. The summed E-state index contributed by atoms with van der Waals surface area (Å²) in [6.45, 7) is 0.563. The number of hydrogen-bond donors (Lipinski definition) is 1. The van der Waals surface area contributed by atoms with Gasteiger partial charge in [-0.05, 0) is 49.1 Å². The summed E-state index contributed by atoms with van der Waals surface area (Å²) in [5.74, 6) is 1.87. The Morgan fingerprint density at radius 2 is 1.86 bits per heavy atom. The summed E-state index contributed by atoms with van der Waals surface area (Å²) in [6.07, 6.45) is 2.76. The van der Waals surface area contributed by atoms with Crippen molar-refractivity contribution < 1.29 is 17.9 Å². The number of nitrogens with zero attached hydrogens (tertiary/aromatic N) is 3. The van der Waals surface area contributed by atoms with Crippen molar-refractivity contribution >= 4 is 21.6 Å². The van der Waals surface area contributed by atoms with Gasteiger partial charge in [0.2, 0.25) is 5.91 Å². The molecular weight excluding hydrogens is 464 g/mol. The lowest BCUT2D eigenvalue weighted by molar-refractivity contribution is -0.118. The van der Waals surface area contributed by atoms with Gasteiger partial charge in [-0.2, -0.15) is 5.10 Å². The van der Waals surface area contributed by atoms with Crippen LogP contribution in [0.2, 0.25) is 0 Å². The number of methoxy groups -OCH3 is 1. The number of benzene rings is 2. The molecule has 1 atom stereocenters. The van der Waals surface area contributed by atoms with Crippen LogP contribution in [0.5, 0.6) is 5.75 Å². The van der Waals surface area contributed by atoms with E-state index in [2.05, 4.69) is 5.32 Å². The normalized spacial score (nSPS) is 19.1. The Labute approximate surface area is 205 Å². The third kappa shape index (κ3) is 5.74. The molecule has 2 fully saturated rings. The molecule has 5 rings (SSSR count). The van der Waals surface area contributed by atoms with E-state index in [-0.39, 0.29) is 30.0 Å². The molecule has 9 heteroatoms. The van der Waals surface area contributed by atoms with Crippen LogP contribution in [0.4, 0.5) is 5.82 Å². The average molecular weight is 495 g/mol. The molecule has 2 aromatic carbocycles. The SMILES string of the molecule is COc1ccc(CN(CC(=O)Nc2cc(C3CC3)nn2-c2ccccc2)C2CCS(=O)(=O)C2)cc1. The van der Waals surface area contributed by atoms with Crippen LogP contribution in [-0.2, 0) is 21.2 Å². The Hall–Kier alpha value is -3.17. The van der Waals surface area contributed by atoms with Crippen LogP contribution >= 0.6 is 0 Å². The second-order valence-corrected chi connectivity index (χ2v) is 11.6. The standard InChI is InChI=1S/C26H30N4O4S/c1-34-23-11-7-19(8-12-23)16-29(22-13-14-35(32,33)18-22)17-26(31)27-25-15-24(20-9-10-20)28-30(25)21-5-3-2-4-6-21/h2-8,11-12,15,20,22H,9-10,13-14,16-18H2,1H3,(H,27,31). The monoisotopic (exact) mass is 494 g/mol. The van der Waals surface area contributed by atoms with Gasteiger partial charge in [0.05, 0.1) is 36.5 Å². The van der Waals surface area contributed by atoms with Crippen molar-refractivity contribution in [1.29, 1.82) is 0 Å². The van der Waals surface area contributed by atoms with Crippen LogP contribution in [-0.4, -0.2) is 60.2 Å². The van der Waals surface area contributed by atoms with Gasteiger partial charge in [-0.1, -0.05) is 30.3 Å². The summed E-state index contributed by atoms with van der Waals surface area (Å²) < 4.78 is 31.4. The van der Waals surface area contributed by atoms with Crippen molar-refractivity contribution in [2.75, 3.05) is 30.5 Å². The summed E-state index contributed by atoms with van der Waals surface area (Å²) in [7, 11) is -1.47. The van der Waals surface area contributed by atoms with Gasteiger partial charge < -0.3 is 10.1 Å². The van der Waals surface area contributed by atoms with Crippen LogP contribution in [0.3, 0.4) is 0 Å². The lowest BCUT2D eigenvalue weighted by atomic mass is 10.1. The zero-order chi connectivity index (χ0) is 24.4. The number of carbonyl (C=O) groups is 1. The van der Waals surface area contributed by atoms with E-state index in [0.717, 1.165) is 35.5 Å². The Balaban J connectivity index is 1.35. The Morgan fingerprint density at radius 1 is 1.11 bits per heavy atom. The van der Waals surface area contributed by atoms with E-state index >= 15 is 0 Å². The Morgan fingerprint density at radius 3 is 2.49 bits per heavy atom. The van der Waals surface area contributed by atoms with Crippen molar-refractivity contribution in [3.8, 4) is 11.4 Å². The quantitative estimate of drug-likeness (QED) is 0.490. The molecule has 0 bridgehead atoms. The molecule has 1 saturated heterocycles. The number of carbonyl (C=O) groups excluding carboxylic acids is 1. The van der Waals surface area contributed by atoms with Crippen molar-refractivity contribution in [2.45, 2.75) is 37.8 Å². The van der Waals surface area contributed by atoms with E-state index in [1.54, 1.807) is 11.8 Å². The first-order chi connectivity index (χ1) is 16.9. The summed E-state index contributed by atoms with van der Waals surface area (Å²) in [5, 5.41) is 7.79. The minimum atomic E-state index is -3.09. The molecule has 8 nitrogen and oxygen atoms in total. The highest BCUT2D eigenvalue weighted by Gasteiger charge is 2.33. The maximum absolute atomic E-state index is 13.2. The van der Waals surface area contributed by atoms with E-state index in [9.17, 15) is 13.2 Å². The highest BCUT2D eigenvalue weighted by molar-refractivity contribution is 7.91. The molecule has 184 valence electrons. The maximum Gasteiger partial charge on any atom is 0.239 e. The third-order valence-electron chi connectivity index (χ3n) is 6.61. The molecule has 1 saturated carbocycles. The Bertz CT molecular complexity index is 1280. The van der Waals surface area contributed by atoms with E-state index in [1.165, 1.54) is 0 Å². The van der Waals surface area contributed by atoms with E-state index in [0.29, 0.717) is 24.7 Å². The fraction of sp³-hybridized carbons (Fsp3) is 0.385. The molecule has 1 aliphatic heterocycles. The minimum Gasteiger partial charge on any atom is -0.497 e. The van der Waals surface area contributed by atoms with Gasteiger partial charge in [-0.15, -0.1) is 0 Å². The van der Waals surface area contributed by atoms with Crippen LogP contribution in [0.1, 0.15) is 36.4 Å². The van der Waals surface area contributed by atoms with Crippen molar-refractivity contribution in [2.24, 2.45) is 0 Å². The second kappa shape index (κ2) is 9.83.